The minimum atomic E-state index is -0.0606. The van der Waals surface area contributed by atoms with Gasteiger partial charge in [-0.3, -0.25) is 25.9 Å². The number of nitrogens with two attached hydrogens (primary N) is 1. The van der Waals surface area contributed by atoms with Crippen LogP contribution in [0, 0.1) is 13.8 Å². The van der Waals surface area contributed by atoms with Crippen molar-refractivity contribution >= 4 is 0 Å². The van der Waals surface area contributed by atoms with E-state index in [4.69, 9.17) is 5.84 Å². The van der Waals surface area contributed by atoms with Gasteiger partial charge in [-0.1, -0.05) is 0 Å². The second-order valence-corrected chi connectivity index (χ2v) is 4.60. The van der Waals surface area contributed by atoms with Gasteiger partial charge in [-0.15, -0.1) is 0 Å². The maximum Gasteiger partial charge on any atom is 0.0773 e. The number of nitrogens with one attached hydrogen (secondary N) is 1. The smallest absolute Gasteiger partial charge is 0.0773 e. The average molecular weight is 260 g/mol. The maximum absolute atomic E-state index is 5.64. The Bertz CT molecular complexity index is 531. The van der Waals surface area contributed by atoms with Gasteiger partial charge in [0.25, 0.3) is 0 Å². The molecule has 2 aromatic rings. The van der Waals surface area contributed by atoms with Crippen LogP contribution in [0.1, 0.15) is 35.7 Å². The molecule has 6 heteroatoms. The first-order chi connectivity index (χ1) is 9.13. The predicted molar refractivity (Wildman–Crippen MR) is 73.2 cm³/mol. The van der Waals surface area contributed by atoms with Crippen LogP contribution in [0.25, 0.3) is 0 Å². The highest BCUT2D eigenvalue weighted by atomic mass is 15.3. The Labute approximate surface area is 113 Å². The van der Waals surface area contributed by atoms with Crippen molar-refractivity contribution < 1.29 is 0 Å². The second kappa shape index (κ2) is 5.90. The zero-order chi connectivity index (χ0) is 13.8. The summed E-state index contributed by atoms with van der Waals surface area (Å²) in [7, 11) is 0. The van der Waals surface area contributed by atoms with Gasteiger partial charge >= 0.3 is 0 Å². The highest BCUT2D eigenvalue weighted by molar-refractivity contribution is 5.14. The van der Waals surface area contributed by atoms with Crippen molar-refractivity contribution in [3.63, 3.8) is 0 Å². The number of nitrogens with zero attached hydrogens (tertiary/aromatic N) is 4. The molecule has 0 aromatic carbocycles. The molecule has 0 radical (unpaired) electrons. The number of hydrogen-bond acceptors (Lipinski definition) is 5. The maximum atomic E-state index is 5.64. The lowest BCUT2D eigenvalue weighted by Crippen LogP contribution is -2.31. The molecule has 3 N–H and O–H groups in total. The molecule has 102 valence electrons. The number of rotatable bonds is 5. The fraction of sp³-hybridized carbons (Fsp3) is 0.462. The van der Waals surface area contributed by atoms with Crippen molar-refractivity contribution in [1.29, 1.82) is 0 Å². The van der Waals surface area contributed by atoms with Crippen LogP contribution in [-0.2, 0) is 13.0 Å². The Morgan fingerprint density at radius 3 is 2.63 bits per heavy atom. The van der Waals surface area contributed by atoms with Gasteiger partial charge in [-0.25, -0.2) is 0 Å². The van der Waals surface area contributed by atoms with Crippen LogP contribution in [-0.4, -0.2) is 19.7 Å². The van der Waals surface area contributed by atoms with E-state index in [2.05, 4.69) is 33.5 Å². The first kappa shape index (κ1) is 13.6. The van der Waals surface area contributed by atoms with Crippen LogP contribution in [0.5, 0.6) is 0 Å². The first-order valence-electron chi connectivity index (χ1n) is 6.42. The molecule has 2 rings (SSSR count). The summed E-state index contributed by atoms with van der Waals surface area (Å²) in [6, 6.07) is 2.02. The van der Waals surface area contributed by atoms with Crippen LogP contribution in [0.3, 0.4) is 0 Å². The van der Waals surface area contributed by atoms with E-state index >= 15 is 0 Å². The van der Waals surface area contributed by atoms with Crippen molar-refractivity contribution in [2.24, 2.45) is 5.84 Å². The molecule has 0 bridgehead atoms. The molecular weight excluding hydrogens is 240 g/mol. The Kier molecular flexibility index (Phi) is 4.24. The summed E-state index contributed by atoms with van der Waals surface area (Å²) in [5, 5.41) is 4.44. The molecule has 0 amide bonds. The lowest BCUT2D eigenvalue weighted by Gasteiger charge is -2.15. The molecule has 0 aliphatic carbocycles. The Hall–Kier alpha value is -1.79. The van der Waals surface area contributed by atoms with E-state index in [1.807, 2.05) is 18.5 Å². The first-order valence-corrected chi connectivity index (χ1v) is 6.42. The molecule has 0 aliphatic rings. The van der Waals surface area contributed by atoms with E-state index in [9.17, 15) is 0 Å². The predicted octanol–water partition coefficient (Wildman–Crippen LogP) is 1.06. The van der Waals surface area contributed by atoms with Crippen molar-refractivity contribution in [1.82, 2.24) is 25.2 Å². The highest BCUT2D eigenvalue weighted by Gasteiger charge is 2.15. The van der Waals surface area contributed by atoms with E-state index in [-0.39, 0.29) is 6.04 Å². The van der Waals surface area contributed by atoms with E-state index in [1.54, 1.807) is 12.4 Å². The normalized spacial score (nSPS) is 12.6. The van der Waals surface area contributed by atoms with Gasteiger partial charge < -0.3 is 0 Å². The minimum absolute atomic E-state index is 0.0606. The summed E-state index contributed by atoms with van der Waals surface area (Å²) < 4.78 is 1.99. The van der Waals surface area contributed by atoms with Crippen LogP contribution in [0.15, 0.2) is 18.5 Å². The largest absolute Gasteiger partial charge is 0.271 e. The van der Waals surface area contributed by atoms with Crippen molar-refractivity contribution in [2.75, 3.05) is 0 Å². The zero-order valence-corrected chi connectivity index (χ0v) is 11.6. The fourth-order valence-corrected chi connectivity index (χ4v) is 2.08. The third-order valence-electron chi connectivity index (χ3n) is 3.06. The molecule has 0 saturated carbocycles. The van der Waals surface area contributed by atoms with Gasteiger partial charge in [0.15, 0.2) is 0 Å². The average Bonchev–Trinajstić information content (AvgIpc) is 2.77. The quantitative estimate of drug-likeness (QED) is 0.620. The summed E-state index contributed by atoms with van der Waals surface area (Å²) in [5.74, 6) is 5.64. The molecule has 0 fully saturated rings. The third kappa shape index (κ3) is 3.15. The van der Waals surface area contributed by atoms with Gasteiger partial charge in [-0.05, 0) is 26.8 Å². The standard InChI is InChI=1S/C13H20N6/c1-4-19-11(5-9(2)18-19)6-12(17-14)13-8-15-10(3)7-16-13/h5,7-8,12,17H,4,6,14H2,1-3H3. The highest BCUT2D eigenvalue weighted by Crippen LogP contribution is 2.16. The van der Waals surface area contributed by atoms with Crippen LogP contribution in [0.4, 0.5) is 0 Å². The van der Waals surface area contributed by atoms with Gasteiger partial charge in [0.05, 0.1) is 29.3 Å². The zero-order valence-electron chi connectivity index (χ0n) is 11.6. The summed E-state index contributed by atoms with van der Waals surface area (Å²) in [6.07, 6.45) is 4.25. The summed E-state index contributed by atoms with van der Waals surface area (Å²) in [4.78, 5) is 8.63. The molecule has 19 heavy (non-hydrogen) atoms. The number of aryl methyl sites for hydroxylation is 3. The van der Waals surface area contributed by atoms with Crippen molar-refractivity contribution in [3.05, 3.63) is 41.2 Å². The summed E-state index contributed by atoms with van der Waals surface area (Å²) in [6.45, 7) is 6.83. The summed E-state index contributed by atoms with van der Waals surface area (Å²) >= 11 is 0. The summed E-state index contributed by atoms with van der Waals surface area (Å²) in [5.41, 5.74) is 6.70. The topological polar surface area (TPSA) is 81.7 Å². The Morgan fingerprint density at radius 1 is 1.26 bits per heavy atom. The van der Waals surface area contributed by atoms with Gasteiger partial charge in [-0.2, -0.15) is 5.10 Å². The van der Waals surface area contributed by atoms with E-state index in [0.29, 0.717) is 0 Å². The molecule has 0 saturated heterocycles. The minimum Gasteiger partial charge on any atom is -0.271 e. The molecule has 2 aromatic heterocycles. The second-order valence-electron chi connectivity index (χ2n) is 4.60. The molecule has 6 nitrogen and oxygen atoms in total. The number of aromatic nitrogens is 4. The molecule has 1 atom stereocenters. The third-order valence-corrected chi connectivity index (χ3v) is 3.06. The van der Waals surface area contributed by atoms with E-state index < -0.39 is 0 Å². The molecule has 2 heterocycles. The van der Waals surface area contributed by atoms with Crippen LogP contribution < -0.4 is 11.3 Å². The van der Waals surface area contributed by atoms with Gasteiger partial charge in [0.1, 0.15) is 0 Å². The molecule has 1 unspecified atom stereocenters. The SMILES string of the molecule is CCn1nc(C)cc1CC(NN)c1cnc(C)cn1. The number of hydrazine groups is 1. The van der Waals surface area contributed by atoms with E-state index in [0.717, 1.165) is 35.7 Å². The Balaban J connectivity index is 2.21. The number of hydrogen-bond donors (Lipinski definition) is 2. The molecule has 0 aliphatic heterocycles. The Morgan fingerprint density at radius 2 is 2.05 bits per heavy atom. The fourth-order valence-electron chi connectivity index (χ4n) is 2.08. The van der Waals surface area contributed by atoms with Gasteiger partial charge in [0, 0.05) is 24.9 Å². The molecule has 0 spiro atoms. The lowest BCUT2D eigenvalue weighted by atomic mass is 10.1. The van der Waals surface area contributed by atoms with Crippen LogP contribution >= 0.6 is 0 Å². The monoisotopic (exact) mass is 260 g/mol. The lowest BCUT2D eigenvalue weighted by molar-refractivity contribution is 0.505. The van der Waals surface area contributed by atoms with Gasteiger partial charge in [0.2, 0.25) is 0 Å². The molecular formula is C13H20N6. The van der Waals surface area contributed by atoms with Crippen molar-refractivity contribution in [3.8, 4) is 0 Å². The van der Waals surface area contributed by atoms with E-state index in [1.165, 1.54) is 0 Å². The van der Waals surface area contributed by atoms with Crippen LogP contribution in [0.2, 0.25) is 0 Å². The van der Waals surface area contributed by atoms with Crippen molar-refractivity contribution in [2.45, 2.75) is 39.8 Å².